The van der Waals surface area contributed by atoms with Gasteiger partial charge in [-0.15, -0.1) is 6.58 Å². The predicted octanol–water partition coefficient (Wildman–Crippen LogP) is 2.83. The monoisotopic (exact) mass is 192 g/mol. The molecule has 0 fully saturated rings. The highest BCUT2D eigenvalue weighted by atomic mass is 31.2. The molecule has 1 atom stereocenters. The standard InChI is InChI=1S/C8H17O3P/c1-4-7-11-12(9,8-5-2)10-6-3/h4H,1,5-8H2,2-3H3. The summed E-state index contributed by atoms with van der Waals surface area (Å²) >= 11 is 0. The average Bonchev–Trinajstić information content (AvgIpc) is 2.02. The summed E-state index contributed by atoms with van der Waals surface area (Å²) in [6.07, 6.45) is 2.85. The van der Waals surface area contributed by atoms with Crippen LogP contribution in [0.15, 0.2) is 12.7 Å². The van der Waals surface area contributed by atoms with Crippen LogP contribution in [0.3, 0.4) is 0 Å². The number of hydrogen-bond acceptors (Lipinski definition) is 3. The lowest BCUT2D eigenvalue weighted by Gasteiger charge is -2.15. The van der Waals surface area contributed by atoms with E-state index < -0.39 is 7.60 Å². The highest BCUT2D eigenvalue weighted by molar-refractivity contribution is 7.53. The van der Waals surface area contributed by atoms with Crippen molar-refractivity contribution >= 4 is 7.60 Å². The molecule has 4 heteroatoms. The minimum atomic E-state index is -2.81. The van der Waals surface area contributed by atoms with Crippen LogP contribution in [-0.4, -0.2) is 19.4 Å². The highest BCUT2D eigenvalue weighted by Gasteiger charge is 2.21. The molecule has 0 aliphatic rings. The van der Waals surface area contributed by atoms with E-state index in [0.29, 0.717) is 12.8 Å². The van der Waals surface area contributed by atoms with Gasteiger partial charge in [0.25, 0.3) is 0 Å². The maximum Gasteiger partial charge on any atom is 0.330 e. The first-order chi connectivity index (χ1) is 5.68. The highest BCUT2D eigenvalue weighted by Crippen LogP contribution is 2.48. The van der Waals surface area contributed by atoms with Crippen molar-refractivity contribution < 1.29 is 13.6 Å². The quantitative estimate of drug-likeness (QED) is 0.459. The van der Waals surface area contributed by atoms with Gasteiger partial charge in [0.05, 0.1) is 13.2 Å². The molecule has 0 rings (SSSR count). The Morgan fingerprint density at radius 2 is 2.08 bits per heavy atom. The Balaban J connectivity index is 3.98. The van der Waals surface area contributed by atoms with Gasteiger partial charge in [-0.2, -0.15) is 0 Å². The van der Waals surface area contributed by atoms with Crippen LogP contribution in [0.4, 0.5) is 0 Å². The second kappa shape index (κ2) is 6.41. The van der Waals surface area contributed by atoms with Crippen LogP contribution >= 0.6 is 7.60 Å². The average molecular weight is 192 g/mol. The SMILES string of the molecule is C=CCOP(=O)(CCC)OCC. The summed E-state index contributed by atoms with van der Waals surface area (Å²) in [7, 11) is -2.81. The van der Waals surface area contributed by atoms with E-state index in [0.717, 1.165) is 6.42 Å². The van der Waals surface area contributed by atoms with E-state index in [1.54, 1.807) is 13.0 Å². The maximum absolute atomic E-state index is 11.7. The van der Waals surface area contributed by atoms with Crippen molar-refractivity contribution in [2.75, 3.05) is 19.4 Å². The van der Waals surface area contributed by atoms with Gasteiger partial charge in [-0.25, -0.2) is 0 Å². The molecule has 1 unspecified atom stereocenters. The van der Waals surface area contributed by atoms with Gasteiger partial charge in [0.15, 0.2) is 0 Å². The van der Waals surface area contributed by atoms with Gasteiger partial charge < -0.3 is 9.05 Å². The summed E-state index contributed by atoms with van der Waals surface area (Å²) in [5.74, 6) is 0. The van der Waals surface area contributed by atoms with Gasteiger partial charge in [0.2, 0.25) is 0 Å². The molecule has 3 nitrogen and oxygen atoms in total. The Morgan fingerprint density at radius 3 is 2.50 bits per heavy atom. The summed E-state index contributed by atoms with van der Waals surface area (Å²) in [6.45, 7) is 7.95. The van der Waals surface area contributed by atoms with Gasteiger partial charge >= 0.3 is 7.60 Å². The van der Waals surface area contributed by atoms with E-state index >= 15 is 0 Å². The second-order valence-corrected chi connectivity index (χ2v) is 4.52. The minimum absolute atomic E-state index is 0.289. The first-order valence-electron chi connectivity index (χ1n) is 4.17. The molecule has 0 heterocycles. The van der Waals surface area contributed by atoms with Crippen molar-refractivity contribution in [1.29, 1.82) is 0 Å². The van der Waals surface area contributed by atoms with E-state index in [4.69, 9.17) is 9.05 Å². The summed E-state index contributed by atoms with van der Waals surface area (Å²) in [6, 6.07) is 0. The Hall–Kier alpha value is -0.110. The third kappa shape index (κ3) is 4.70. The summed E-state index contributed by atoms with van der Waals surface area (Å²) in [5, 5.41) is 0. The molecule has 0 aromatic heterocycles. The first kappa shape index (κ1) is 11.9. The third-order valence-electron chi connectivity index (χ3n) is 1.21. The lowest BCUT2D eigenvalue weighted by Crippen LogP contribution is -1.99. The maximum atomic E-state index is 11.7. The van der Waals surface area contributed by atoms with E-state index in [9.17, 15) is 4.57 Å². The molecule has 72 valence electrons. The fourth-order valence-corrected chi connectivity index (χ4v) is 2.41. The van der Waals surface area contributed by atoms with Crippen LogP contribution in [0.2, 0.25) is 0 Å². The lowest BCUT2D eigenvalue weighted by atomic mass is 10.6. The van der Waals surface area contributed by atoms with E-state index in [1.165, 1.54) is 0 Å². The van der Waals surface area contributed by atoms with E-state index in [2.05, 4.69) is 6.58 Å². The van der Waals surface area contributed by atoms with Crippen LogP contribution in [0.5, 0.6) is 0 Å². The van der Waals surface area contributed by atoms with Crippen LogP contribution in [-0.2, 0) is 13.6 Å². The van der Waals surface area contributed by atoms with Gasteiger partial charge in [0, 0.05) is 6.16 Å². The number of rotatable bonds is 7. The smallest absolute Gasteiger partial charge is 0.309 e. The van der Waals surface area contributed by atoms with Gasteiger partial charge in [-0.3, -0.25) is 4.57 Å². The molecule has 0 aliphatic heterocycles. The fourth-order valence-electron chi connectivity index (χ4n) is 0.803. The van der Waals surface area contributed by atoms with Gasteiger partial charge in [-0.1, -0.05) is 13.0 Å². The molecule has 0 radical (unpaired) electrons. The van der Waals surface area contributed by atoms with E-state index in [-0.39, 0.29) is 6.61 Å². The largest absolute Gasteiger partial charge is 0.330 e. The van der Waals surface area contributed by atoms with Crippen LogP contribution < -0.4 is 0 Å². The molecule has 0 spiro atoms. The Kier molecular flexibility index (Phi) is 6.35. The molecule has 0 N–H and O–H groups in total. The van der Waals surface area contributed by atoms with Crippen molar-refractivity contribution in [1.82, 2.24) is 0 Å². The molecule has 0 amide bonds. The summed E-state index contributed by atoms with van der Waals surface area (Å²) in [5.41, 5.74) is 0. The van der Waals surface area contributed by atoms with Gasteiger partial charge in [-0.05, 0) is 13.3 Å². The molecule has 12 heavy (non-hydrogen) atoms. The minimum Gasteiger partial charge on any atom is -0.309 e. The van der Waals surface area contributed by atoms with Crippen molar-refractivity contribution in [2.24, 2.45) is 0 Å². The molecular formula is C8H17O3P. The third-order valence-corrected chi connectivity index (χ3v) is 3.40. The second-order valence-electron chi connectivity index (χ2n) is 2.34. The van der Waals surface area contributed by atoms with Crippen molar-refractivity contribution in [3.63, 3.8) is 0 Å². The van der Waals surface area contributed by atoms with E-state index in [1.807, 2.05) is 6.92 Å². The molecule has 0 aromatic carbocycles. The van der Waals surface area contributed by atoms with Crippen LogP contribution in [0, 0.1) is 0 Å². The molecule has 0 aliphatic carbocycles. The predicted molar refractivity (Wildman–Crippen MR) is 50.5 cm³/mol. The zero-order valence-corrected chi connectivity index (χ0v) is 8.68. The molecule has 0 saturated carbocycles. The van der Waals surface area contributed by atoms with Crippen molar-refractivity contribution in [2.45, 2.75) is 20.3 Å². The zero-order valence-electron chi connectivity index (χ0n) is 7.78. The van der Waals surface area contributed by atoms with Crippen LogP contribution in [0.1, 0.15) is 20.3 Å². The molecular weight excluding hydrogens is 175 g/mol. The summed E-state index contributed by atoms with van der Waals surface area (Å²) < 4.78 is 21.8. The first-order valence-corrected chi connectivity index (χ1v) is 5.90. The molecule has 0 aromatic rings. The Labute approximate surface area is 74.3 Å². The van der Waals surface area contributed by atoms with Crippen molar-refractivity contribution in [3.05, 3.63) is 12.7 Å². The van der Waals surface area contributed by atoms with Crippen LogP contribution in [0.25, 0.3) is 0 Å². The topological polar surface area (TPSA) is 35.5 Å². The fraction of sp³-hybridized carbons (Fsp3) is 0.750. The lowest BCUT2D eigenvalue weighted by molar-refractivity contribution is 0.228. The summed E-state index contributed by atoms with van der Waals surface area (Å²) in [4.78, 5) is 0. The normalized spacial score (nSPS) is 15.5. The molecule has 0 bridgehead atoms. The Bertz CT molecular complexity index is 158. The van der Waals surface area contributed by atoms with Crippen molar-refractivity contribution in [3.8, 4) is 0 Å². The number of hydrogen-bond donors (Lipinski definition) is 0. The Morgan fingerprint density at radius 1 is 1.42 bits per heavy atom. The molecule has 0 saturated heterocycles. The zero-order chi connectivity index (χ0) is 9.45. The van der Waals surface area contributed by atoms with Gasteiger partial charge in [0.1, 0.15) is 0 Å².